The number of carbonyl (C=O) groups is 1. The van der Waals surface area contributed by atoms with Gasteiger partial charge in [-0.15, -0.1) is 13.2 Å². The molecule has 0 unspecified atom stereocenters. The molecule has 0 amide bonds. The molecule has 0 aliphatic rings. The average molecular weight is 338 g/mol. The van der Waals surface area contributed by atoms with E-state index in [1.54, 1.807) is 6.07 Å². The molecule has 8 heteroatoms. The smallest absolute Gasteiger partial charge is 0.462 e. The lowest BCUT2D eigenvalue weighted by atomic mass is 10.1. The molecule has 0 spiro atoms. The van der Waals surface area contributed by atoms with Gasteiger partial charge in [-0.3, -0.25) is 0 Å². The third-order valence-electron chi connectivity index (χ3n) is 1.93. The van der Waals surface area contributed by atoms with Gasteiger partial charge in [0.15, 0.2) is 0 Å². The molecular weight excluding hydrogens is 331 g/mol. The molecule has 0 fully saturated rings. The summed E-state index contributed by atoms with van der Waals surface area (Å²) in [5.41, 5.74) is -0.476. The summed E-state index contributed by atoms with van der Waals surface area (Å²) in [6.07, 6.45) is -4.95. The zero-order chi connectivity index (χ0) is 14.6. The molecule has 0 saturated heterocycles. The van der Waals surface area contributed by atoms with E-state index in [2.05, 4.69) is 25.4 Å². The number of nitriles is 1. The van der Waals surface area contributed by atoms with Gasteiger partial charge in [0.25, 0.3) is 0 Å². The van der Waals surface area contributed by atoms with Gasteiger partial charge in [-0.1, -0.05) is 0 Å². The SMILES string of the molecule is CCOC(=O)c1c(OC(F)(F)F)ccc(C#N)c1Br. The van der Waals surface area contributed by atoms with E-state index in [1.165, 1.54) is 6.92 Å². The maximum Gasteiger partial charge on any atom is 0.573 e. The zero-order valence-electron chi connectivity index (χ0n) is 9.55. The van der Waals surface area contributed by atoms with Crippen LogP contribution in [0.5, 0.6) is 5.75 Å². The van der Waals surface area contributed by atoms with Crippen molar-refractivity contribution >= 4 is 21.9 Å². The van der Waals surface area contributed by atoms with E-state index in [0.29, 0.717) is 0 Å². The van der Waals surface area contributed by atoms with Gasteiger partial charge in [0, 0.05) is 0 Å². The van der Waals surface area contributed by atoms with Crippen LogP contribution in [0.1, 0.15) is 22.8 Å². The minimum Gasteiger partial charge on any atom is -0.462 e. The predicted molar refractivity (Wildman–Crippen MR) is 61.5 cm³/mol. The summed E-state index contributed by atoms with van der Waals surface area (Å²) in [4.78, 5) is 11.6. The lowest BCUT2D eigenvalue weighted by Gasteiger charge is -2.14. The average Bonchev–Trinajstić information content (AvgIpc) is 2.27. The van der Waals surface area contributed by atoms with Gasteiger partial charge in [0.05, 0.1) is 16.6 Å². The number of hydrogen-bond acceptors (Lipinski definition) is 4. The highest BCUT2D eigenvalue weighted by Crippen LogP contribution is 2.34. The van der Waals surface area contributed by atoms with Gasteiger partial charge in [0.2, 0.25) is 0 Å². The molecule has 0 radical (unpaired) electrons. The van der Waals surface area contributed by atoms with Crippen molar-refractivity contribution in [1.29, 1.82) is 5.26 Å². The van der Waals surface area contributed by atoms with Gasteiger partial charge in [-0.25, -0.2) is 4.79 Å². The first kappa shape index (κ1) is 15.3. The van der Waals surface area contributed by atoms with Crippen LogP contribution in [0.15, 0.2) is 16.6 Å². The number of nitrogens with zero attached hydrogens (tertiary/aromatic N) is 1. The van der Waals surface area contributed by atoms with Crippen molar-refractivity contribution in [1.82, 2.24) is 0 Å². The number of hydrogen-bond donors (Lipinski definition) is 0. The third kappa shape index (κ3) is 3.86. The fraction of sp³-hybridized carbons (Fsp3) is 0.273. The minimum absolute atomic E-state index is 0.00224. The van der Waals surface area contributed by atoms with E-state index >= 15 is 0 Å². The van der Waals surface area contributed by atoms with Gasteiger partial charge in [-0.2, -0.15) is 5.26 Å². The Balaban J connectivity index is 3.35. The number of rotatable bonds is 3. The summed E-state index contributed by atoms with van der Waals surface area (Å²) in [5.74, 6) is -1.73. The molecule has 1 rings (SSSR count). The highest BCUT2D eigenvalue weighted by molar-refractivity contribution is 9.10. The Hall–Kier alpha value is -1.75. The Bertz CT molecular complexity index is 537. The largest absolute Gasteiger partial charge is 0.573 e. The van der Waals surface area contributed by atoms with Crippen molar-refractivity contribution in [2.24, 2.45) is 0 Å². The quantitative estimate of drug-likeness (QED) is 0.793. The fourth-order valence-electron chi connectivity index (χ4n) is 1.25. The second-order valence-electron chi connectivity index (χ2n) is 3.18. The molecule has 4 nitrogen and oxygen atoms in total. The molecular formula is C11H7BrF3NO3. The number of alkyl halides is 3. The van der Waals surface area contributed by atoms with E-state index in [9.17, 15) is 18.0 Å². The second kappa shape index (κ2) is 5.93. The van der Waals surface area contributed by atoms with Gasteiger partial charge >= 0.3 is 12.3 Å². The Morgan fingerprint density at radius 2 is 2.11 bits per heavy atom. The van der Waals surface area contributed by atoms with Gasteiger partial charge in [0.1, 0.15) is 17.4 Å². The summed E-state index contributed by atoms with van der Waals surface area (Å²) in [5, 5.41) is 8.78. The fourth-order valence-corrected chi connectivity index (χ4v) is 1.83. The molecule has 0 aliphatic carbocycles. The predicted octanol–water partition coefficient (Wildman–Crippen LogP) is 3.40. The topological polar surface area (TPSA) is 59.3 Å². The Morgan fingerprint density at radius 3 is 2.58 bits per heavy atom. The summed E-state index contributed by atoms with van der Waals surface area (Å²) < 4.78 is 45.0. The first-order valence-corrected chi connectivity index (χ1v) is 5.75. The summed E-state index contributed by atoms with van der Waals surface area (Å²) in [6, 6.07) is 3.73. The highest BCUT2D eigenvalue weighted by Gasteiger charge is 2.34. The van der Waals surface area contributed by atoms with Crippen LogP contribution in [-0.2, 0) is 4.74 Å². The van der Waals surface area contributed by atoms with Crippen molar-refractivity contribution in [2.45, 2.75) is 13.3 Å². The molecule has 1 aromatic rings. The molecule has 0 aliphatic heterocycles. The van der Waals surface area contributed by atoms with E-state index in [1.807, 2.05) is 0 Å². The van der Waals surface area contributed by atoms with Crippen LogP contribution in [0, 0.1) is 11.3 Å². The molecule has 0 N–H and O–H groups in total. The number of ether oxygens (including phenoxy) is 2. The number of carbonyl (C=O) groups excluding carboxylic acids is 1. The Morgan fingerprint density at radius 1 is 1.47 bits per heavy atom. The summed E-state index contributed by atoms with van der Waals surface area (Å²) >= 11 is 2.90. The molecule has 0 heterocycles. The van der Waals surface area contributed by atoms with Crippen molar-refractivity contribution in [3.8, 4) is 11.8 Å². The first-order valence-electron chi connectivity index (χ1n) is 4.95. The van der Waals surface area contributed by atoms with Crippen LogP contribution in [0.4, 0.5) is 13.2 Å². The standard InChI is InChI=1S/C11H7BrF3NO3/c1-2-18-10(17)8-7(19-11(13,14)15)4-3-6(5-16)9(8)12/h3-4H,2H2,1H3. The normalized spacial score (nSPS) is 10.7. The van der Waals surface area contributed by atoms with Gasteiger partial charge in [-0.05, 0) is 35.0 Å². The molecule has 1 aromatic carbocycles. The summed E-state index contributed by atoms with van der Waals surface area (Å²) in [7, 11) is 0. The molecule has 0 atom stereocenters. The monoisotopic (exact) mass is 337 g/mol. The van der Waals surface area contributed by atoms with Crippen LogP contribution in [-0.4, -0.2) is 18.9 Å². The van der Waals surface area contributed by atoms with Gasteiger partial charge < -0.3 is 9.47 Å². The summed E-state index contributed by atoms with van der Waals surface area (Å²) in [6.45, 7) is 1.48. The third-order valence-corrected chi connectivity index (χ3v) is 2.75. The molecule has 0 aromatic heterocycles. The lowest BCUT2D eigenvalue weighted by molar-refractivity contribution is -0.274. The molecule has 19 heavy (non-hydrogen) atoms. The van der Waals surface area contributed by atoms with Crippen LogP contribution < -0.4 is 4.74 Å². The second-order valence-corrected chi connectivity index (χ2v) is 3.97. The maximum absolute atomic E-state index is 12.2. The van der Waals surface area contributed by atoms with E-state index in [4.69, 9.17) is 5.26 Å². The molecule has 102 valence electrons. The van der Waals surface area contributed by atoms with Crippen molar-refractivity contribution in [3.63, 3.8) is 0 Å². The van der Waals surface area contributed by atoms with Crippen molar-refractivity contribution in [3.05, 3.63) is 27.7 Å². The maximum atomic E-state index is 12.2. The number of halogens is 4. The van der Waals surface area contributed by atoms with E-state index in [-0.39, 0.29) is 16.6 Å². The van der Waals surface area contributed by atoms with Crippen LogP contribution in [0.2, 0.25) is 0 Å². The first-order chi connectivity index (χ1) is 8.80. The zero-order valence-corrected chi connectivity index (χ0v) is 11.1. The number of benzene rings is 1. The molecule has 0 bridgehead atoms. The van der Waals surface area contributed by atoms with Crippen molar-refractivity contribution < 1.29 is 27.4 Å². The highest BCUT2D eigenvalue weighted by atomic mass is 79.9. The van der Waals surface area contributed by atoms with Crippen LogP contribution in [0.25, 0.3) is 0 Å². The molecule has 0 saturated carbocycles. The van der Waals surface area contributed by atoms with Crippen molar-refractivity contribution in [2.75, 3.05) is 6.61 Å². The van der Waals surface area contributed by atoms with Crippen LogP contribution >= 0.6 is 15.9 Å². The lowest BCUT2D eigenvalue weighted by Crippen LogP contribution is -2.20. The Labute approximate surface area is 114 Å². The van der Waals surface area contributed by atoms with E-state index < -0.39 is 23.6 Å². The number of esters is 1. The minimum atomic E-state index is -4.95. The van der Waals surface area contributed by atoms with E-state index in [0.717, 1.165) is 12.1 Å². The Kier molecular flexibility index (Phi) is 4.78. The van der Waals surface area contributed by atoms with Crippen LogP contribution in [0.3, 0.4) is 0 Å².